The van der Waals surface area contributed by atoms with Crippen LogP contribution in [0.1, 0.15) is 48.6 Å². The Morgan fingerprint density at radius 3 is 2.62 bits per heavy atom. The highest BCUT2D eigenvalue weighted by Crippen LogP contribution is 2.40. The van der Waals surface area contributed by atoms with E-state index in [1.54, 1.807) is 36.7 Å². The topological polar surface area (TPSA) is 141 Å². The second kappa shape index (κ2) is 14.0. The number of para-hydroxylation sites is 1. The number of nitrogens with zero attached hydrogens (tertiary/aromatic N) is 2. The van der Waals surface area contributed by atoms with Crippen molar-refractivity contribution in [1.29, 1.82) is 0 Å². The number of carbonyl (C=O) groups is 3. The molecule has 2 aromatic carbocycles. The van der Waals surface area contributed by atoms with Crippen LogP contribution in [0.2, 0.25) is 0 Å². The molecule has 0 saturated carbocycles. The van der Waals surface area contributed by atoms with Crippen molar-refractivity contribution in [1.82, 2.24) is 20.5 Å². The molecular weight excluding hydrogens is 592 g/mol. The molecule has 0 spiro atoms. The van der Waals surface area contributed by atoms with Gasteiger partial charge in [0.2, 0.25) is 11.8 Å². The average Bonchev–Trinajstić information content (AvgIpc) is 3.36. The lowest BCUT2D eigenvalue weighted by Crippen LogP contribution is -2.55. The van der Waals surface area contributed by atoms with Crippen LogP contribution in [0.4, 0.5) is 0 Å². The number of hydrogen-bond donors (Lipinski definition) is 4. The zero-order chi connectivity index (χ0) is 32.1. The number of hydrogen-bond acceptors (Lipinski definition) is 8. The number of rotatable bonds is 10. The second-order valence-corrected chi connectivity index (χ2v) is 13.7. The molecule has 1 aromatic heterocycles. The van der Waals surface area contributed by atoms with Crippen LogP contribution in [0.25, 0.3) is 0 Å². The smallest absolute Gasteiger partial charge is 0.252 e. The number of ether oxygens (including phenoxy) is 1. The second-order valence-electron chi connectivity index (χ2n) is 12.1. The molecule has 0 radical (unpaired) electrons. The summed E-state index contributed by atoms with van der Waals surface area (Å²) in [6, 6.07) is 17.0. The van der Waals surface area contributed by atoms with E-state index >= 15 is 0 Å². The lowest BCUT2D eigenvalue weighted by atomic mass is 9.91. The Hall–Kier alpha value is -3.93. The number of aliphatic hydroxyl groups is 2. The lowest BCUT2D eigenvalue weighted by Gasteiger charge is -2.33. The van der Waals surface area contributed by atoms with E-state index in [-0.39, 0.29) is 31.2 Å². The Bertz CT molecular complexity index is 1520. The number of aromatic nitrogens is 1. The van der Waals surface area contributed by atoms with E-state index in [9.17, 15) is 24.6 Å². The van der Waals surface area contributed by atoms with Crippen molar-refractivity contribution in [3.63, 3.8) is 0 Å². The Kier molecular flexibility index (Phi) is 10.1. The number of aliphatic hydroxyl groups excluding tert-OH is 2. The first kappa shape index (κ1) is 32.5. The van der Waals surface area contributed by atoms with Gasteiger partial charge in [-0.05, 0) is 62.4 Å². The Morgan fingerprint density at radius 1 is 1.11 bits per heavy atom. The van der Waals surface area contributed by atoms with E-state index in [1.165, 1.54) is 16.7 Å². The standard InChI is InChI=1S/C34H40N4O6S/c1-21-9-4-5-11-23(21)18-36-32(42)30-34(2,3)45-20-38(30)33(43)26(39)16-24(15-22-10-8-14-35-17-22)31(41)37-29-25-12-6-7-13-28(25)44-19-27(29)40/h4-14,17,24,26-27,29-30,39-40H,15-16,18-20H2,1-3H3,(H,36,42)(H,37,41)/t24-,26+,27-,29+,30-/m1/s1. The number of fused-ring (bicyclic) bond motifs is 1. The maximum Gasteiger partial charge on any atom is 0.252 e. The summed E-state index contributed by atoms with van der Waals surface area (Å²) in [7, 11) is 0. The SMILES string of the molecule is Cc1ccccc1CNC(=O)[C@H]1N(C(=O)[C@@H](O)C[C@@H](Cc2cccnc2)C(=O)N[C@H]2c3ccccc3OC[C@H]2O)CSC1(C)C. The summed E-state index contributed by atoms with van der Waals surface area (Å²) in [5.74, 6) is -1.35. The fourth-order valence-electron chi connectivity index (χ4n) is 5.94. The molecule has 2 aliphatic heterocycles. The molecule has 3 amide bonds. The van der Waals surface area contributed by atoms with Gasteiger partial charge in [0.25, 0.3) is 5.91 Å². The quantitative estimate of drug-likeness (QED) is 0.268. The zero-order valence-electron chi connectivity index (χ0n) is 25.7. The maximum absolute atomic E-state index is 13.8. The Balaban J connectivity index is 1.31. The largest absolute Gasteiger partial charge is 0.490 e. The van der Waals surface area contributed by atoms with Crippen molar-refractivity contribution in [2.24, 2.45) is 5.92 Å². The third kappa shape index (κ3) is 7.49. The molecule has 1 saturated heterocycles. The first-order chi connectivity index (χ1) is 21.5. The molecule has 11 heteroatoms. The predicted octanol–water partition coefficient (Wildman–Crippen LogP) is 2.91. The van der Waals surface area contributed by atoms with E-state index < -0.39 is 46.8 Å². The highest BCUT2D eigenvalue weighted by molar-refractivity contribution is 8.00. The van der Waals surface area contributed by atoms with Gasteiger partial charge >= 0.3 is 0 Å². The van der Waals surface area contributed by atoms with Gasteiger partial charge in [0.15, 0.2) is 0 Å². The van der Waals surface area contributed by atoms with Gasteiger partial charge in [-0.1, -0.05) is 48.5 Å². The van der Waals surface area contributed by atoms with Gasteiger partial charge in [-0.3, -0.25) is 19.4 Å². The van der Waals surface area contributed by atoms with E-state index in [0.717, 1.165) is 16.7 Å². The van der Waals surface area contributed by atoms with Crippen LogP contribution in [0.15, 0.2) is 73.1 Å². The third-order valence-corrected chi connectivity index (χ3v) is 9.88. The summed E-state index contributed by atoms with van der Waals surface area (Å²) in [6.45, 7) is 6.13. The number of aryl methyl sites for hydroxylation is 1. The Labute approximate surface area is 267 Å². The fraction of sp³-hybridized carbons (Fsp3) is 0.412. The van der Waals surface area contributed by atoms with Crippen LogP contribution in [0.3, 0.4) is 0 Å². The number of benzene rings is 2. The minimum Gasteiger partial charge on any atom is -0.490 e. The lowest BCUT2D eigenvalue weighted by molar-refractivity contribution is -0.147. The molecule has 3 aromatic rings. The molecule has 5 rings (SSSR count). The first-order valence-corrected chi connectivity index (χ1v) is 16.1. The molecule has 4 N–H and O–H groups in total. The highest BCUT2D eigenvalue weighted by atomic mass is 32.2. The fourth-order valence-corrected chi connectivity index (χ4v) is 7.08. The number of pyridine rings is 1. The van der Waals surface area contributed by atoms with Crippen LogP contribution in [0, 0.1) is 12.8 Å². The molecule has 1 fully saturated rings. The van der Waals surface area contributed by atoms with Gasteiger partial charge in [0, 0.05) is 35.2 Å². The molecule has 5 atom stereocenters. The summed E-state index contributed by atoms with van der Waals surface area (Å²) in [6.07, 6.45) is 0.790. The predicted molar refractivity (Wildman–Crippen MR) is 171 cm³/mol. The molecule has 45 heavy (non-hydrogen) atoms. The van der Waals surface area contributed by atoms with Crippen LogP contribution in [-0.2, 0) is 27.3 Å². The molecule has 10 nitrogen and oxygen atoms in total. The molecule has 0 bridgehead atoms. The van der Waals surface area contributed by atoms with Gasteiger partial charge in [-0.25, -0.2) is 0 Å². The van der Waals surface area contributed by atoms with Crippen LogP contribution in [-0.4, -0.2) is 73.3 Å². The summed E-state index contributed by atoms with van der Waals surface area (Å²) in [5, 5.41) is 27.9. The zero-order valence-corrected chi connectivity index (χ0v) is 26.5. The molecule has 0 aliphatic carbocycles. The van der Waals surface area contributed by atoms with Crippen molar-refractivity contribution in [2.45, 2.75) is 69.2 Å². The number of amides is 3. The van der Waals surface area contributed by atoms with Gasteiger partial charge < -0.3 is 30.5 Å². The van der Waals surface area contributed by atoms with Crippen LogP contribution in [0.5, 0.6) is 5.75 Å². The van der Waals surface area contributed by atoms with Gasteiger partial charge in [0.1, 0.15) is 30.6 Å². The van der Waals surface area contributed by atoms with Crippen molar-refractivity contribution in [3.8, 4) is 5.75 Å². The van der Waals surface area contributed by atoms with Crippen molar-refractivity contribution >= 4 is 29.5 Å². The highest BCUT2D eigenvalue weighted by Gasteiger charge is 2.49. The maximum atomic E-state index is 13.8. The van der Waals surface area contributed by atoms with Gasteiger partial charge in [-0.15, -0.1) is 11.8 Å². The summed E-state index contributed by atoms with van der Waals surface area (Å²) in [4.78, 5) is 46.6. The first-order valence-electron chi connectivity index (χ1n) is 15.1. The molecular formula is C34H40N4O6S. The van der Waals surface area contributed by atoms with Gasteiger partial charge in [0.05, 0.1) is 11.9 Å². The molecule has 0 unspecified atom stereocenters. The van der Waals surface area contributed by atoms with E-state index in [1.807, 2.05) is 57.2 Å². The third-order valence-electron chi connectivity index (χ3n) is 8.51. The van der Waals surface area contributed by atoms with Crippen molar-refractivity contribution in [2.75, 3.05) is 12.5 Å². The van der Waals surface area contributed by atoms with Gasteiger partial charge in [-0.2, -0.15) is 0 Å². The Morgan fingerprint density at radius 2 is 1.87 bits per heavy atom. The number of thioether (sulfide) groups is 1. The summed E-state index contributed by atoms with van der Waals surface area (Å²) >= 11 is 1.47. The van der Waals surface area contributed by atoms with Crippen molar-refractivity contribution < 1.29 is 29.3 Å². The number of nitrogens with one attached hydrogen (secondary N) is 2. The van der Waals surface area contributed by atoms with E-state index in [4.69, 9.17) is 4.74 Å². The molecule has 2 aliphatic rings. The van der Waals surface area contributed by atoms with Crippen LogP contribution < -0.4 is 15.4 Å². The molecule has 3 heterocycles. The average molecular weight is 633 g/mol. The minimum atomic E-state index is -1.54. The van der Waals surface area contributed by atoms with E-state index in [0.29, 0.717) is 17.9 Å². The molecule has 238 valence electrons. The summed E-state index contributed by atoms with van der Waals surface area (Å²) in [5.41, 5.74) is 3.44. The summed E-state index contributed by atoms with van der Waals surface area (Å²) < 4.78 is 5.02. The normalized spacial score (nSPS) is 21.6. The minimum absolute atomic E-state index is 0.0199. The van der Waals surface area contributed by atoms with Crippen LogP contribution >= 0.6 is 11.8 Å². The number of carbonyl (C=O) groups excluding carboxylic acids is 3. The van der Waals surface area contributed by atoms with Crippen molar-refractivity contribution in [3.05, 3.63) is 95.3 Å². The van der Waals surface area contributed by atoms with E-state index in [2.05, 4.69) is 15.6 Å². The monoisotopic (exact) mass is 632 g/mol.